The van der Waals surface area contributed by atoms with E-state index in [0.717, 1.165) is 6.42 Å². The fourth-order valence-electron chi connectivity index (χ4n) is 5.58. The van der Waals surface area contributed by atoms with Crippen molar-refractivity contribution >= 4 is 5.97 Å². The van der Waals surface area contributed by atoms with E-state index in [0.29, 0.717) is 29.3 Å². The van der Waals surface area contributed by atoms with Gasteiger partial charge >= 0.3 is 5.97 Å². The van der Waals surface area contributed by atoms with Crippen molar-refractivity contribution in [3.05, 3.63) is 0 Å². The Balaban J connectivity index is 1.81. The summed E-state index contributed by atoms with van der Waals surface area (Å²) in [6, 6.07) is 0.826. The van der Waals surface area contributed by atoms with Crippen LogP contribution >= 0.6 is 0 Å². The van der Waals surface area contributed by atoms with Gasteiger partial charge < -0.3 is 5.11 Å². The zero-order valence-electron chi connectivity index (χ0n) is 13.8. The molecule has 21 heavy (non-hydrogen) atoms. The van der Waals surface area contributed by atoms with Crippen LogP contribution in [0.1, 0.15) is 72.1 Å². The Labute approximate surface area is 129 Å². The number of likely N-dealkylation sites (tertiary alicyclic amines) is 1. The Bertz CT molecular complexity index is 406. The number of hydrogen-bond acceptors (Lipinski definition) is 2. The molecule has 5 atom stereocenters. The first-order chi connectivity index (χ1) is 9.89. The third-order valence-corrected chi connectivity index (χ3v) is 6.45. The second-order valence-corrected chi connectivity index (χ2v) is 8.60. The van der Waals surface area contributed by atoms with Crippen LogP contribution < -0.4 is 0 Å². The van der Waals surface area contributed by atoms with E-state index >= 15 is 0 Å². The maximum absolute atomic E-state index is 11.8. The molecule has 1 heterocycles. The molecule has 1 saturated heterocycles. The van der Waals surface area contributed by atoms with Gasteiger partial charge in [0.2, 0.25) is 0 Å². The van der Waals surface area contributed by atoms with Crippen LogP contribution in [0, 0.1) is 17.3 Å². The van der Waals surface area contributed by atoms with Crippen molar-refractivity contribution in [3.63, 3.8) is 0 Å². The number of hydrogen-bond donors (Lipinski definition) is 1. The quantitative estimate of drug-likeness (QED) is 0.839. The van der Waals surface area contributed by atoms with Gasteiger partial charge in [-0.25, -0.2) is 0 Å². The minimum atomic E-state index is -0.582. The first-order valence-electron chi connectivity index (χ1n) is 8.89. The molecule has 0 spiro atoms. The van der Waals surface area contributed by atoms with Gasteiger partial charge in [-0.2, -0.15) is 0 Å². The smallest absolute Gasteiger partial charge is 0.320 e. The molecular formula is C18H31NO2. The van der Waals surface area contributed by atoms with Gasteiger partial charge in [0.15, 0.2) is 0 Å². The van der Waals surface area contributed by atoms with E-state index in [1.54, 1.807) is 0 Å². The maximum Gasteiger partial charge on any atom is 0.320 e. The van der Waals surface area contributed by atoms with E-state index in [1.807, 2.05) is 0 Å². The zero-order valence-corrected chi connectivity index (χ0v) is 13.8. The normalized spacial score (nSPS) is 43.5. The van der Waals surface area contributed by atoms with Crippen molar-refractivity contribution in [2.24, 2.45) is 17.3 Å². The SMILES string of the molecule is CC1CC(C)(C)CCC1N1C(C(=O)O)CC2CCCCC21. The molecule has 120 valence electrons. The molecule has 0 aromatic rings. The second kappa shape index (κ2) is 5.57. The van der Waals surface area contributed by atoms with Crippen LogP contribution in [0.25, 0.3) is 0 Å². The molecule has 5 unspecified atom stereocenters. The number of carboxylic acid groups (broad SMARTS) is 1. The van der Waals surface area contributed by atoms with Gasteiger partial charge in [0.05, 0.1) is 0 Å². The van der Waals surface area contributed by atoms with Gasteiger partial charge in [0.25, 0.3) is 0 Å². The average molecular weight is 293 g/mol. The Morgan fingerprint density at radius 1 is 1.14 bits per heavy atom. The minimum absolute atomic E-state index is 0.216. The van der Waals surface area contributed by atoms with Gasteiger partial charge in [-0.05, 0) is 55.8 Å². The van der Waals surface area contributed by atoms with Crippen molar-refractivity contribution in [2.45, 2.75) is 90.3 Å². The summed E-state index contributed by atoms with van der Waals surface area (Å²) >= 11 is 0. The van der Waals surface area contributed by atoms with Crippen molar-refractivity contribution in [2.75, 3.05) is 0 Å². The van der Waals surface area contributed by atoms with Crippen LogP contribution in [-0.4, -0.2) is 34.1 Å². The first-order valence-corrected chi connectivity index (χ1v) is 8.89. The lowest BCUT2D eigenvalue weighted by Crippen LogP contribution is -2.53. The molecule has 3 fully saturated rings. The number of carboxylic acids is 1. The average Bonchev–Trinajstić information content (AvgIpc) is 2.77. The minimum Gasteiger partial charge on any atom is -0.480 e. The molecule has 0 aromatic carbocycles. The van der Waals surface area contributed by atoms with E-state index in [-0.39, 0.29) is 6.04 Å². The Morgan fingerprint density at radius 2 is 1.86 bits per heavy atom. The molecule has 0 radical (unpaired) electrons. The largest absolute Gasteiger partial charge is 0.480 e. The third kappa shape index (κ3) is 2.86. The molecule has 0 bridgehead atoms. The van der Waals surface area contributed by atoms with Crippen molar-refractivity contribution in [1.82, 2.24) is 4.90 Å². The van der Waals surface area contributed by atoms with Gasteiger partial charge in [-0.15, -0.1) is 0 Å². The molecule has 2 saturated carbocycles. The molecule has 1 aliphatic heterocycles. The molecular weight excluding hydrogens is 262 g/mol. The lowest BCUT2D eigenvalue weighted by molar-refractivity contribution is -0.144. The van der Waals surface area contributed by atoms with Crippen LogP contribution in [0.4, 0.5) is 0 Å². The summed E-state index contributed by atoms with van der Waals surface area (Å²) < 4.78 is 0. The summed E-state index contributed by atoms with van der Waals surface area (Å²) in [6.07, 6.45) is 9.61. The fraction of sp³-hybridized carbons (Fsp3) is 0.944. The molecule has 3 nitrogen and oxygen atoms in total. The molecule has 3 heteroatoms. The van der Waals surface area contributed by atoms with Crippen molar-refractivity contribution < 1.29 is 9.90 Å². The summed E-state index contributed by atoms with van der Waals surface area (Å²) in [5.74, 6) is 0.680. The topological polar surface area (TPSA) is 40.5 Å². The summed E-state index contributed by atoms with van der Waals surface area (Å²) in [5.41, 5.74) is 0.431. The van der Waals surface area contributed by atoms with E-state index < -0.39 is 5.97 Å². The number of fused-ring (bicyclic) bond motifs is 1. The van der Waals surface area contributed by atoms with Crippen LogP contribution in [0.3, 0.4) is 0 Å². The number of rotatable bonds is 2. The van der Waals surface area contributed by atoms with Gasteiger partial charge in [0, 0.05) is 12.1 Å². The van der Waals surface area contributed by atoms with Crippen LogP contribution in [0.2, 0.25) is 0 Å². The Morgan fingerprint density at radius 3 is 2.52 bits per heavy atom. The lowest BCUT2D eigenvalue weighted by Gasteiger charge is -2.47. The van der Waals surface area contributed by atoms with Gasteiger partial charge in [0.1, 0.15) is 6.04 Å². The second-order valence-electron chi connectivity index (χ2n) is 8.60. The van der Waals surface area contributed by atoms with E-state index in [1.165, 1.54) is 44.9 Å². The summed E-state index contributed by atoms with van der Waals surface area (Å²) in [7, 11) is 0. The van der Waals surface area contributed by atoms with Crippen LogP contribution in [0.15, 0.2) is 0 Å². The highest BCUT2D eigenvalue weighted by atomic mass is 16.4. The number of carbonyl (C=O) groups is 1. The van der Waals surface area contributed by atoms with Crippen molar-refractivity contribution in [1.29, 1.82) is 0 Å². The first kappa shape index (κ1) is 15.3. The molecule has 1 N–H and O–H groups in total. The lowest BCUT2D eigenvalue weighted by atomic mass is 9.69. The molecule has 3 aliphatic rings. The predicted molar refractivity (Wildman–Crippen MR) is 84.2 cm³/mol. The van der Waals surface area contributed by atoms with Crippen LogP contribution in [0.5, 0.6) is 0 Å². The highest BCUT2D eigenvalue weighted by Crippen LogP contribution is 2.47. The Kier molecular flexibility index (Phi) is 4.06. The highest BCUT2D eigenvalue weighted by Gasteiger charge is 2.50. The standard InChI is InChI=1S/C18H31NO2/c1-12-11-18(2,3)9-8-14(12)19-15-7-5-4-6-13(15)10-16(19)17(20)21/h12-16H,4-11H2,1-3H3,(H,20,21). The summed E-state index contributed by atoms with van der Waals surface area (Å²) in [5, 5.41) is 9.71. The molecule has 0 aromatic heterocycles. The Hall–Kier alpha value is -0.570. The zero-order chi connectivity index (χ0) is 15.2. The monoisotopic (exact) mass is 293 g/mol. The molecule has 0 amide bonds. The van der Waals surface area contributed by atoms with Crippen LogP contribution in [-0.2, 0) is 4.79 Å². The summed E-state index contributed by atoms with van der Waals surface area (Å²) in [4.78, 5) is 14.3. The maximum atomic E-state index is 11.8. The highest BCUT2D eigenvalue weighted by molar-refractivity contribution is 5.74. The molecule has 3 rings (SSSR count). The number of nitrogens with zero attached hydrogens (tertiary/aromatic N) is 1. The van der Waals surface area contributed by atoms with E-state index in [4.69, 9.17) is 0 Å². The van der Waals surface area contributed by atoms with Gasteiger partial charge in [-0.1, -0.05) is 33.6 Å². The molecule has 2 aliphatic carbocycles. The van der Waals surface area contributed by atoms with Crippen molar-refractivity contribution in [3.8, 4) is 0 Å². The summed E-state index contributed by atoms with van der Waals surface area (Å²) in [6.45, 7) is 7.07. The third-order valence-electron chi connectivity index (χ3n) is 6.45. The van der Waals surface area contributed by atoms with Gasteiger partial charge in [-0.3, -0.25) is 9.69 Å². The van der Waals surface area contributed by atoms with E-state index in [9.17, 15) is 9.90 Å². The van der Waals surface area contributed by atoms with E-state index in [2.05, 4.69) is 25.7 Å². The fourth-order valence-corrected chi connectivity index (χ4v) is 5.58. The number of aliphatic carboxylic acids is 1. The predicted octanol–water partition coefficient (Wildman–Crippen LogP) is 3.92.